The van der Waals surface area contributed by atoms with Crippen molar-refractivity contribution in [3.8, 4) is 0 Å². The summed E-state index contributed by atoms with van der Waals surface area (Å²) < 4.78 is 0. The Kier molecular flexibility index (Phi) is 45.6. The lowest BCUT2D eigenvalue weighted by Gasteiger charge is -2.32. The number of primary amides is 2. The number of aliphatic imine (C=N–C) groups is 6. The monoisotopic (exact) mass is 1390 g/mol. The lowest BCUT2D eigenvalue weighted by molar-refractivity contribution is -0.139. The van der Waals surface area contributed by atoms with Gasteiger partial charge in [0.25, 0.3) is 0 Å². The molecule has 38 N–H and O–H groups in total. The Morgan fingerprint density at radius 3 is 0.847 bits per heavy atom. The van der Waals surface area contributed by atoms with Crippen LogP contribution in [0.25, 0.3) is 0 Å². The Morgan fingerprint density at radius 2 is 0.551 bits per heavy atom. The molecule has 98 heavy (non-hydrogen) atoms. The van der Waals surface area contributed by atoms with Gasteiger partial charge in [-0.25, -0.2) is 0 Å². The van der Waals surface area contributed by atoms with Crippen molar-refractivity contribution in [2.45, 2.75) is 120 Å². The molecule has 556 valence electrons. The van der Waals surface area contributed by atoms with Gasteiger partial charge in [0, 0.05) is 115 Å². The highest BCUT2D eigenvalue weighted by Gasteiger charge is 2.30. The number of nitrogens with one attached hydrogen (secondary N) is 4. The first-order valence-corrected chi connectivity index (χ1v) is 31.8. The van der Waals surface area contributed by atoms with Gasteiger partial charge in [-0.1, -0.05) is 6.42 Å². The molecule has 0 rings (SSSR count). The van der Waals surface area contributed by atoms with Gasteiger partial charge in [0.05, 0.1) is 58.9 Å². The highest BCUT2D eigenvalue weighted by Crippen LogP contribution is 2.12. The molecule has 11 amide bonds. The summed E-state index contributed by atoms with van der Waals surface area (Å²) in [5, 5.41) is 11.3. The summed E-state index contributed by atoms with van der Waals surface area (Å²) in [5.41, 5.74) is 94.6. The molecule has 0 radical (unpaired) electrons. The summed E-state index contributed by atoms with van der Waals surface area (Å²) in [6.45, 7) is -4.47. The number of hydrogen-bond acceptors (Lipinski definition) is 20. The molecule has 0 saturated heterocycles. The lowest BCUT2D eigenvalue weighted by Crippen LogP contribution is -2.55. The Balaban J connectivity index is 7.54. The number of amides is 11. The van der Waals surface area contributed by atoms with E-state index < -0.39 is 135 Å². The molecule has 43 nitrogen and oxygen atoms in total. The van der Waals surface area contributed by atoms with E-state index in [1.54, 1.807) is 0 Å². The highest BCUT2D eigenvalue weighted by atomic mass is 16.2. The number of unbranched alkanes of at least 4 members (excludes halogenated alkanes) is 1. The van der Waals surface area contributed by atoms with Crippen LogP contribution in [0.4, 0.5) is 0 Å². The van der Waals surface area contributed by atoms with Crippen LogP contribution in [0.5, 0.6) is 0 Å². The van der Waals surface area contributed by atoms with E-state index >= 15 is 0 Å². The average molecular weight is 1400 g/mol. The van der Waals surface area contributed by atoms with Crippen molar-refractivity contribution >= 4 is 101 Å². The predicted molar refractivity (Wildman–Crippen MR) is 369 cm³/mol. The largest absolute Gasteiger partial charge is 0.370 e. The van der Waals surface area contributed by atoms with Crippen molar-refractivity contribution in [2.24, 2.45) is 127 Å². The molecule has 0 aromatic carbocycles. The van der Waals surface area contributed by atoms with Crippen LogP contribution in [0.15, 0.2) is 30.0 Å². The molecule has 0 fully saturated rings. The minimum atomic E-state index is -1.19. The normalized spacial score (nSPS) is 11.8. The molecule has 43 heteroatoms. The molecule has 0 bridgehead atoms. The maximum Gasteiger partial charge on any atom is 0.239 e. The highest BCUT2D eigenvalue weighted by molar-refractivity contribution is 5.89. The van der Waals surface area contributed by atoms with E-state index in [4.69, 9.17) is 97.5 Å². The minimum absolute atomic E-state index is 0.0200. The second-order valence-corrected chi connectivity index (χ2v) is 22.5. The van der Waals surface area contributed by atoms with Gasteiger partial charge in [0.15, 0.2) is 35.8 Å². The molecule has 0 aliphatic rings. The van der Waals surface area contributed by atoms with Crippen molar-refractivity contribution in [1.29, 1.82) is 0 Å². The standard InChI is InChI=1S/C55H110N32O11/c56-16-2-1-6-35(79-41(90)31-83(25-18-58)46(95)12-21-75-52(65)66)27-85(45(94)9-3-17-57)32-42(91)81-37(8-5-20-74-51(63)64)28-86(48(97)14-23-77-54(69)70)34-44(93)82-38(10-11-39(59)88)29-87(49(98)15-24-78-55(71)72)33-43(92)80-36(7-4-19-73-50(61)62)26-84(30-40(60)89)47(96)13-22-76-53(67)68/h35-38H,1-34,56-58H2,(H2,59,88)(H2,60,89)(H,79,90)(H,80,92)(H,81,91)(H,82,93)(H4,61,62,73)(H4,63,64,74)(H4,65,66,75)(H4,67,68,76)(H4,69,70,77)(H4,71,72,78)/t35-,36-,37-,38-/m0/s1. The molecule has 0 heterocycles. The van der Waals surface area contributed by atoms with E-state index in [1.807, 2.05) is 0 Å². The second kappa shape index (κ2) is 51.0. The fourth-order valence-corrected chi connectivity index (χ4v) is 9.45. The molecule has 0 unspecified atom stereocenters. The molecular formula is C55H110N32O11. The first-order valence-electron chi connectivity index (χ1n) is 31.8. The topological polar surface area (TPSA) is 769 Å². The third-order valence-corrected chi connectivity index (χ3v) is 13.9. The van der Waals surface area contributed by atoms with E-state index in [0.717, 1.165) is 14.7 Å². The fraction of sp³-hybridized carbons (Fsp3) is 0.691. The molecular weight excluding hydrogens is 1280 g/mol. The van der Waals surface area contributed by atoms with Gasteiger partial charge in [0.2, 0.25) is 65.0 Å². The van der Waals surface area contributed by atoms with Crippen molar-refractivity contribution in [2.75, 3.05) is 124 Å². The van der Waals surface area contributed by atoms with Gasteiger partial charge in [-0.05, 0) is 64.5 Å². The molecule has 4 atom stereocenters. The summed E-state index contributed by atoms with van der Waals surface area (Å²) in [5.74, 6) is -9.39. The average Bonchev–Trinajstić information content (AvgIpc) is 0.900. The fourth-order valence-electron chi connectivity index (χ4n) is 9.45. The molecule has 0 aromatic rings. The van der Waals surface area contributed by atoms with E-state index in [-0.39, 0.29) is 185 Å². The summed E-state index contributed by atoms with van der Waals surface area (Å²) in [6.07, 6.45) is 0.301. The number of rotatable bonds is 54. The third kappa shape index (κ3) is 45.1. The lowest BCUT2D eigenvalue weighted by atomic mass is 10.1. The quantitative estimate of drug-likeness (QED) is 0.0153. The number of carbonyl (C=O) groups excluding carboxylic acids is 11. The number of guanidine groups is 6. The van der Waals surface area contributed by atoms with Crippen LogP contribution < -0.4 is 119 Å². The van der Waals surface area contributed by atoms with Crippen LogP contribution in [-0.4, -0.2) is 274 Å². The summed E-state index contributed by atoms with van der Waals surface area (Å²) in [4.78, 5) is 179. The Hall–Kier alpha value is -10.3. The Labute approximate surface area is 569 Å². The van der Waals surface area contributed by atoms with Gasteiger partial charge in [0.1, 0.15) is 0 Å². The smallest absolute Gasteiger partial charge is 0.239 e. The molecule has 0 saturated carbocycles. The Bertz CT molecular complexity index is 2710. The number of hydrogen-bond donors (Lipinski definition) is 21. The molecule has 0 aliphatic carbocycles. The van der Waals surface area contributed by atoms with Gasteiger partial charge in [-0.2, -0.15) is 0 Å². The first-order chi connectivity index (χ1) is 46.3. The SMILES string of the molecule is NCCCC[C@@H](CN(CC(=O)N[C@@H](CCCN=C(N)N)CN(CC(=O)N[C@@H](CCC(N)=O)CN(CC(=O)N[C@@H](CCCN=C(N)N)CN(CC(N)=O)C(=O)CCN=C(N)N)C(=O)CCN=C(N)N)C(=O)CCN=C(N)N)C(=O)CCCN)NC(=O)CN(CCN)C(=O)CCN=C(N)N. The first kappa shape index (κ1) is 87.7. The number of carbonyl (C=O) groups is 11. The van der Waals surface area contributed by atoms with Crippen LogP contribution in [-0.2, 0) is 52.7 Å². The van der Waals surface area contributed by atoms with Crippen LogP contribution in [0.2, 0.25) is 0 Å². The summed E-state index contributed by atoms with van der Waals surface area (Å²) >= 11 is 0. The number of nitrogens with two attached hydrogens (primary N) is 17. The summed E-state index contributed by atoms with van der Waals surface area (Å²) in [6, 6.07) is -3.91. The van der Waals surface area contributed by atoms with Crippen LogP contribution in [0, 0.1) is 0 Å². The van der Waals surface area contributed by atoms with Gasteiger partial charge >= 0.3 is 0 Å². The predicted octanol–water partition coefficient (Wildman–Crippen LogP) is -12.6. The van der Waals surface area contributed by atoms with E-state index in [2.05, 4.69) is 51.2 Å². The maximum absolute atomic E-state index is 14.5. The zero-order chi connectivity index (χ0) is 74.1. The number of nitrogens with zero attached hydrogens (tertiary/aromatic N) is 11. The van der Waals surface area contributed by atoms with Crippen molar-refractivity contribution in [1.82, 2.24) is 45.8 Å². The Morgan fingerprint density at radius 1 is 0.276 bits per heavy atom. The molecule has 0 aliphatic heterocycles. The van der Waals surface area contributed by atoms with Crippen LogP contribution in [0.1, 0.15) is 96.3 Å². The zero-order valence-corrected chi connectivity index (χ0v) is 56.1. The molecule has 0 aromatic heterocycles. The van der Waals surface area contributed by atoms with E-state index in [1.165, 1.54) is 9.80 Å². The zero-order valence-electron chi connectivity index (χ0n) is 56.1. The molecule has 0 spiro atoms. The second-order valence-electron chi connectivity index (χ2n) is 22.5. The maximum atomic E-state index is 14.5. The van der Waals surface area contributed by atoms with E-state index in [0.29, 0.717) is 25.8 Å². The summed E-state index contributed by atoms with van der Waals surface area (Å²) in [7, 11) is 0. The van der Waals surface area contributed by atoms with Crippen molar-refractivity contribution < 1.29 is 52.7 Å². The van der Waals surface area contributed by atoms with Crippen molar-refractivity contribution in [3.63, 3.8) is 0 Å². The van der Waals surface area contributed by atoms with Gasteiger partial charge < -0.3 is 143 Å². The van der Waals surface area contributed by atoms with Gasteiger partial charge in [-0.3, -0.25) is 82.7 Å². The third-order valence-electron chi connectivity index (χ3n) is 13.9. The van der Waals surface area contributed by atoms with Crippen LogP contribution >= 0.6 is 0 Å². The van der Waals surface area contributed by atoms with Crippen LogP contribution in [0.3, 0.4) is 0 Å². The van der Waals surface area contributed by atoms with Crippen molar-refractivity contribution in [3.05, 3.63) is 0 Å². The minimum Gasteiger partial charge on any atom is -0.370 e. The van der Waals surface area contributed by atoms with E-state index in [9.17, 15) is 52.7 Å². The van der Waals surface area contributed by atoms with Gasteiger partial charge in [-0.15, -0.1) is 0 Å².